The van der Waals surface area contributed by atoms with Crippen LogP contribution in [0.3, 0.4) is 0 Å². The Kier molecular flexibility index (Phi) is 5.77. The van der Waals surface area contributed by atoms with Crippen LogP contribution in [0, 0.1) is 11.7 Å². The van der Waals surface area contributed by atoms with Gasteiger partial charge in [0.15, 0.2) is 6.29 Å². The van der Waals surface area contributed by atoms with Gasteiger partial charge < -0.3 is 11.1 Å². The van der Waals surface area contributed by atoms with Crippen molar-refractivity contribution in [3.8, 4) is 0 Å². The molecule has 0 bridgehead atoms. The number of rotatable bonds is 5. The largest absolute Gasteiger partial charge is 0.397 e. The van der Waals surface area contributed by atoms with E-state index >= 15 is 0 Å². The third-order valence-corrected chi connectivity index (χ3v) is 3.07. The predicted molar refractivity (Wildman–Crippen MR) is 80.6 cm³/mol. The second-order valence-electron chi connectivity index (χ2n) is 4.62. The lowest BCUT2D eigenvalue weighted by atomic mass is 10.0. The van der Waals surface area contributed by atoms with Crippen molar-refractivity contribution in [1.82, 2.24) is 5.32 Å². The molecule has 0 radical (unpaired) electrons. The Hall–Kier alpha value is -1.81. The van der Waals surface area contributed by atoms with Crippen molar-refractivity contribution < 1.29 is 9.18 Å². The Morgan fingerprint density at radius 1 is 1.45 bits per heavy atom. The molecule has 0 amide bonds. The van der Waals surface area contributed by atoms with E-state index in [4.69, 9.17) is 17.3 Å². The Morgan fingerprint density at radius 3 is 2.60 bits per heavy atom. The second-order valence-corrected chi connectivity index (χ2v) is 5.05. The highest BCUT2D eigenvalue weighted by molar-refractivity contribution is 6.31. The quantitative estimate of drug-likeness (QED) is 0.499. The van der Waals surface area contributed by atoms with Gasteiger partial charge in [0.1, 0.15) is 5.82 Å². The van der Waals surface area contributed by atoms with Crippen molar-refractivity contribution in [3.05, 3.63) is 52.1 Å². The molecular formula is C15H18ClFN2O. The van der Waals surface area contributed by atoms with Gasteiger partial charge in [-0.2, -0.15) is 0 Å². The monoisotopic (exact) mass is 296 g/mol. The zero-order valence-corrected chi connectivity index (χ0v) is 12.5. The molecule has 0 aliphatic carbocycles. The van der Waals surface area contributed by atoms with Crippen molar-refractivity contribution in [2.75, 3.05) is 7.05 Å². The van der Waals surface area contributed by atoms with E-state index in [9.17, 15) is 9.18 Å². The fourth-order valence-electron chi connectivity index (χ4n) is 1.91. The average molecular weight is 297 g/mol. The number of benzene rings is 1. The smallest absolute Gasteiger partial charge is 0.150 e. The summed E-state index contributed by atoms with van der Waals surface area (Å²) < 4.78 is 13.8. The van der Waals surface area contributed by atoms with Crippen LogP contribution in [0.4, 0.5) is 4.39 Å². The van der Waals surface area contributed by atoms with Crippen LogP contribution < -0.4 is 11.1 Å². The number of nitrogens with one attached hydrogen (secondary N) is 1. The van der Waals surface area contributed by atoms with Gasteiger partial charge in [-0.3, -0.25) is 4.79 Å². The summed E-state index contributed by atoms with van der Waals surface area (Å²) in [6.07, 6.45) is 2.02. The molecule has 0 heterocycles. The molecule has 3 N–H and O–H groups in total. The Morgan fingerprint density at radius 2 is 2.10 bits per heavy atom. The fourth-order valence-corrected chi connectivity index (χ4v) is 2.08. The van der Waals surface area contributed by atoms with Crippen LogP contribution in [0.25, 0.3) is 5.57 Å². The van der Waals surface area contributed by atoms with Gasteiger partial charge in [0.2, 0.25) is 0 Å². The Bertz CT molecular complexity index is 565. The third-order valence-electron chi connectivity index (χ3n) is 2.84. The van der Waals surface area contributed by atoms with Crippen LogP contribution >= 0.6 is 11.6 Å². The van der Waals surface area contributed by atoms with E-state index in [2.05, 4.69) is 5.32 Å². The predicted octanol–water partition coefficient (Wildman–Crippen LogP) is 3.11. The molecule has 108 valence electrons. The number of hydrogen-bond donors (Lipinski definition) is 2. The van der Waals surface area contributed by atoms with E-state index in [-0.39, 0.29) is 17.1 Å². The first-order valence-corrected chi connectivity index (χ1v) is 6.58. The molecular weight excluding hydrogens is 279 g/mol. The lowest BCUT2D eigenvalue weighted by Gasteiger charge is -2.13. The molecule has 0 aromatic heterocycles. The van der Waals surface area contributed by atoms with Crippen LogP contribution in [-0.2, 0) is 4.79 Å². The number of halogens is 2. The SMILES string of the molecule is CN/C(=C(N)\C=C(/C=O)c1cc(Cl)ccc1F)C(C)C. The van der Waals surface area contributed by atoms with Crippen LogP contribution in [0.5, 0.6) is 0 Å². The standard InChI is InChI=1S/C15H18ClFN2O/c1-9(2)15(19-3)14(18)6-10(8-20)12-7-11(16)4-5-13(12)17/h4-9,19H,18H2,1-3H3/b10-6+,15-14+. The molecule has 0 unspecified atom stereocenters. The molecule has 0 spiro atoms. The summed E-state index contributed by atoms with van der Waals surface area (Å²) in [7, 11) is 1.75. The number of nitrogens with two attached hydrogens (primary N) is 1. The molecule has 5 heteroatoms. The van der Waals surface area contributed by atoms with Crippen LogP contribution in [-0.4, -0.2) is 13.3 Å². The topological polar surface area (TPSA) is 55.1 Å². The molecule has 1 aromatic carbocycles. The summed E-state index contributed by atoms with van der Waals surface area (Å²) in [5.74, 6) is -0.357. The van der Waals surface area contributed by atoms with Gasteiger partial charge in [0, 0.05) is 28.9 Å². The minimum atomic E-state index is -0.517. The molecule has 0 fully saturated rings. The lowest BCUT2D eigenvalue weighted by Crippen LogP contribution is -2.18. The summed E-state index contributed by atoms with van der Waals surface area (Å²) in [6.45, 7) is 3.93. The van der Waals surface area contributed by atoms with Gasteiger partial charge in [0.25, 0.3) is 0 Å². The third kappa shape index (κ3) is 3.84. The van der Waals surface area contributed by atoms with Crippen LogP contribution in [0.1, 0.15) is 19.4 Å². The normalized spacial score (nSPS) is 13.2. The highest BCUT2D eigenvalue weighted by atomic mass is 35.5. The highest BCUT2D eigenvalue weighted by Crippen LogP contribution is 2.22. The number of aldehydes is 1. The van der Waals surface area contributed by atoms with Crippen molar-refractivity contribution in [3.63, 3.8) is 0 Å². The van der Waals surface area contributed by atoms with Gasteiger partial charge in [-0.05, 0) is 30.2 Å². The Labute approximate surface area is 123 Å². The Balaban J connectivity index is 3.35. The number of carbonyl (C=O) groups excluding carboxylic acids is 1. The molecule has 3 nitrogen and oxygen atoms in total. The number of carbonyl (C=O) groups is 1. The van der Waals surface area contributed by atoms with Gasteiger partial charge in [-0.25, -0.2) is 4.39 Å². The van der Waals surface area contributed by atoms with Gasteiger partial charge in [-0.15, -0.1) is 0 Å². The molecule has 0 aliphatic rings. The first-order chi connectivity index (χ1) is 9.40. The lowest BCUT2D eigenvalue weighted by molar-refractivity contribution is -0.103. The van der Waals surface area contributed by atoms with Crippen molar-refractivity contribution in [2.45, 2.75) is 13.8 Å². The van der Waals surface area contributed by atoms with Crippen molar-refractivity contribution >= 4 is 23.5 Å². The molecule has 1 rings (SSSR count). The minimum Gasteiger partial charge on any atom is -0.397 e. The first-order valence-electron chi connectivity index (χ1n) is 6.20. The highest BCUT2D eigenvalue weighted by Gasteiger charge is 2.11. The molecule has 0 saturated carbocycles. The van der Waals surface area contributed by atoms with Crippen molar-refractivity contribution in [1.29, 1.82) is 0 Å². The fraction of sp³-hybridized carbons (Fsp3) is 0.267. The molecule has 20 heavy (non-hydrogen) atoms. The van der Waals surface area contributed by atoms with Crippen molar-refractivity contribution in [2.24, 2.45) is 11.7 Å². The first kappa shape index (κ1) is 16.2. The molecule has 0 saturated heterocycles. The van der Waals surface area contributed by atoms with E-state index in [0.29, 0.717) is 17.0 Å². The summed E-state index contributed by atoms with van der Waals surface area (Å²) >= 11 is 5.83. The maximum absolute atomic E-state index is 13.8. The van der Waals surface area contributed by atoms with Gasteiger partial charge in [0.05, 0.1) is 5.70 Å². The van der Waals surface area contributed by atoms with Crippen LogP contribution in [0.2, 0.25) is 5.02 Å². The van der Waals surface area contributed by atoms with Gasteiger partial charge in [-0.1, -0.05) is 25.4 Å². The zero-order chi connectivity index (χ0) is 15.3. The van der Waals surface area contributed by atoms with E-state index in [0.717, 1.165) is 5.70 Å². The van der Waals surface area contributed by atoms with Crippen LogP contribution in [0.15, 0.2) is 35.7 Å². The zero-order valence-electron chi connectivity index (χ0n) is 11.7. The molecule has 0 atom stereocenters. The average Bonchev–Trinajstić information content (AvgIpc) is 2.39. The second kappa shape index (κ2) is 7.10. The number of allylic oxidation sites excluding steroid dienone is 3. The maximum Gasteiger partial charge on any atom is 0.150 e. The summed E-state index contributed by atoms with van der Waals surface area (Å²) in [4.78, 5) is 11.2. The minimum absolute atomic E-state index is 0.134. The summed E-state index contributed by atoms with van der Waals surface area (Å²) in [6, 6.07) is 4.05. The summed E-state index contributed by atoms with van der Waals surface area (Å²) in [5.41, 5.74) is 7.42. The number of hydrogen-bond acceptors (Lipinski definition) is 3. The maximum atomic E-state index is 13.8. The van der Waals surface area contributed by atoms with E-state index < -0.39 is 5.82 Å². The summed E-state index contributed by atoms with van der Waals surface area (Å²) in [5, 5.41) is 3.34. The molecule has 1 aromatic rings. The molecule has 0 aliphatic heterocycles. The van der Waals surface area contributed by atoms with E-state index in [1.165, 1.54) is 24.3 Å². The van der Waals surface area contributed by atoms with E-state index in [1.807, 2.05) is 13.8 Å². The van der Waals surface area contributed by atoms with Gasteiger partial charge >= 0.3 is 0 Å². The van der Waals surface area contributed by atoms with E-state index in [1.54, 1.807) is 7.05 Å².